The van der Waals surface area contributed by atoms with Crippen LogP contribution in [0.5, 0.6) is 0 Å². The molecular formula is C14H24N4O. The number of nitrogens with one attached hydrogen (secondary N) is 1. The highest BCUT2D eigenvalue weighted by molar-refractivity contribution is 4.89. The van der Waals surface area contributed by atoms with Gasteiger partial charge in [-0.25, -0.2) is 9.97 Å². The van der Waals surface area contributed by atoms with E-state index in [9.17, 15) is 0 Å². The summed E-state index contributed by atoms with van der Waals surface area (Å²) in [5.74, 6) is 1.73. The van der Waals surface area contributed by atoms with E-state index >= 15 is 0 Å². The summed E-state index contributed by atoms with van der Waals surface area (Å²) >= 11 is 0. The molecular weight excluding hydrogens is 240 g/mol. The number of likely N-dealkylation sites (tertiary alicyclic amines) is 1. The minimum atomic E-state index is 0.796. The summed E-state index contributed by atoms with van der Waals surface area (Å²) in [5, 5.41) is 3.45. The molecule has 1 aromatic heterocycles. The van der Waals surface area contributed by atoms with Gasteiger partial charge in [0, 0.05) is 26.0 Å². The van der Waals surface area contributed by atoms with Crippen LogP contribution in [0.15, 0.2) is 18.5 Å². The van der Waals surface area contributed by atoms with Crippen LogP contribution in [0.1, 0.15) is 18.7 Å². The monoisotopic (exact) mass is 264 g/mol. The van der Waals surface area contributed by atoms with Gasteiger partial charge in [-0.1, -0.05) is 0 Å². The molecule has 1 saturated heterocycles. The van der Waals surface area contributed by atoms with Gasteiger partial charge in [0.05, 0.1) is 13.2 Å². The summed E-state index contributed by atoms with van der Waals surface area (Å²) in [6.07, 6.45) is 6.14. The average Bonchev–Trinajstić information content (AvgIpc) is 2.46. The van der Waals surface area contributed by atoms with Crippen molar-refractivity contribution in [3.63, 3.8) is 0 Å². The maximum atomic E-state index is 5.03. The minimum absolute atomic E-state index is 0.796. The first-order chi connectivity index (χ1) is 9.38. The molecule has 1 fully saturated rings. The number of hydrogen-bond acceptors (Lipinski definition) is 5. The van der Waals surface area contributed by atoms with E-state index in [1.807, 2.05) is 18.5 Å². The molecule has 0 atom stereocenters. The number of hydrogen-bond donors (Lipinski definition) is 1. The summed E-state index contributed by atoms with van der Waals surface area (Å²) in [4.78, 5) is 11.0. The molecule has 0 spiro atoms. The first kappa shape index (κ1) is 14.4. The molecule has 0 aliphatic carbocycles. The predicted octanol–water partition coefficient (Wildman–Crippen LogP) is 0.925. The van der Waals surface area contributed by atoms with Crippen molar-refractivity contribution in [2.24, 2.45) is 5.92 Å². The van der Waals surface area contributed by atoms with Crippen molar-refractivity contribution in [2.45, 2.75) is 19.4 Å². The fraction of sp³-hybridized carbons (Fsp3) is 0.714. The van der Waals surface area contributed by atoms with Crippen LogP contribution in [-0.4, -0.2) is 54.8 Å². The molecule has 5 heteroatoms. The SMILES string of the molecule is COCCNCC1CCN(Cc2ncccn2)CC1. The van der Waals surface area contributed by atoms with Gasteiger partial charge in [0.15, 0.2) is 0 Å². The van der Waals surface area contributed by atoms with E-state index < -0.39 is 0 Å². The molecule has 19 heavy (non-hydrogen) atoms. The lowest BCUT2D eigenvalue weighted by Gasteiger charge is -2.31. The summed E-state index contributed by atoms with van der Waals surface area (Å²) in [6, 6.07) is 1.86. The molecule has 2 heterocycles. The first-order valence-corrected chi connectivity index (χ1v) is 7.06. The maximum Gasteiger partial charge on any atom is 0.142 e. The second kappa shape index (κ2) is 8.19. The van der Waals surface area contributed by atoms with Crippen LogP contribution >= 0.6 is 0 Å². The largest absolute Gasteiger partial charge is 0.383 e. The van der Waals surface area contributed by atoms with Gasteiger partial charge in [-0.2, -0.15) is 0 Å². The Kier molecular flexibility index (Phi) is 6.20. The Bertz CT molecular complexity index is 339. The Hall–Kier alpha value is -1.04. The molecule has 0 bridgehead atoms. The molecule has 1 N–H and O–H groups in total. The van der Waals surface area contributed by atoms with E-state index in [1.165, 1.54) is 12.8 Å². The Morgan fingerprint density at radius 2 is 2.05 bits per heavy atom. The number of aromatic nitrogens is 2. The van der Waals surface area contributed by atoms with Gasteiger partial charge in [-0.05, 0) is 44.5 Å². The normalized spacial score (nSPS) is 17.7. The quantitative estimate of drug-likeness (QED) is 0.742. The zero-order valence-electron chi connectivity index (χ0n) is 11.7. The van der Waals surface area contributed by atoms with Gasteiger partial charge in [0.25, 0.3) is 0 Å². The smallest absolute Gasteiger partial charge is 0.142 e. The van der Waals surface area contributed by atoms with E-state index in [2.05, 4.69) is 20.2 Å². The average molecular weight is 264 g/mol. The topological polar surface area (TPSA) is 50.3 Å². The molecule has 1 aliphatic heterocycles. The van der Waals surface area contributed by atoms with Gasteiger partial charge >= 0.3 is 0 Å². The lowest BCUT2D eigenvalue weighted by Crippen LogP contribution is -2.37. The molecule has 2 rings (SSSR count). The standard InChI is InChI=1S/C14H24N4O/c1-19-10-7-15-11-13-3-8-18(9-4-13)12-14-16-5-2-6-17-14/h2,5-6,13,15H,3-4,7-12H2,1H3. The molecule has 0 saturated carbocycles. The van der Waals surface area contributed by atoms with Gasteiger partial charge < -0.3 is 10.1 Å². The van der Waals surface area contributed by atoms with Crippen molar-refractivity contribution in [2.75, 3.05) is 39.9 Å². The van der Waals surface area contributed by atoms with Crippen LogP contribution in [0.4, 0.5) is 0 Å². The third kappa shape index (κ3) is 5.22. The van der Waals surface area contributed by atoms with Crippen molar-refractivity contribution in [1.82, 2.24) is 20.2 Å². The highest BCUT2D eigenvalue weighted by atomic mass is 16.5. The maximum absolute atomic E-state index is 5.03. The van der Waals surface area contributed by atoms with Crippen molar-refractivity contribution in [1.29, 1.82) is 0 Å². The molecule has 0 aromatic carbocycles. The Labute approximate surface area is 115 Å². The zero-order valence-corrected chi connectivity index (χ0v) is 11.7. The molecule has 0 radical (unpaired) electrons. The van der Waals surface area contributed by atoms with Gasteiger partial charge in [-0.3, -0.25) is 4.90 Å². The van der Waals surface area contributed by atoms with Gasteiger partial charge in [-0.15, -0.1) is 0 Å². The third-order valence-electron chi connectivity index (χ3n) is 3.61. The fourth-order valence-electron chi connectivity index (χ4n) is 2.44. The van der Waals surface area contributed by atoms with Crippen molar-refractivity contribution < 1.29 is 4.74 Å². The number of methoxy groups -OCH3 is 1. The zero-order chi connectivity index (χ0) is 13.3. The molecule has 1 aliphatic rings. The van der Waals surface area contributed by atoms with Crippen LogP contribution in [0.2, 0.25) is 0 Å². The lowest BCUT2D eigenvalue weighted by molar-refractivity contribution is 0.165. The van der Waals surface area contributed by atoms with Crippen LogP contribution in [0.3, 0.4) is 0 Å². The van der Waals surface area contributed by atoms with Crippen molar-refractivity contribution >= 4 is 0 Å². The van der Waals surface area contributed by atoms with Crippen LogP contribution < -0.4 is 5.32 Å². The minimum Gasteiger partial charge on any atom is -0.383 e. The summed E-state index contributed by atoms with van der Waals surface area (Å²) < 4.78 is 5.03. The molecule has 106 valence electrons. The Morgan fingerprint density at radius 3 is 2.74 bits per heavy atom. The van der Waals surface area contributed by atoms with E-state index in [0.29, 0.717) is 0 Å². The lowest BCUT2D eigenvalue weighted by atomic mass is 9.97. The van der Waals surface area contributed by atoms with Crippen LogP contribution in [0.25, 0.3) is 0 Å². The summed E-state index contributed by atoms with van der Waals surface area (Å²) in [6.45, 7) is 6.03. The number of nitrogens with zero attached hydrogens (tertiary/aromatic N) is 3. The van der Waals surface area contributed by atoms with E-state index in [-0.39, 0.29) is 0 Å². The van der Waals surface area contributed by atoms with Gasteiger partial charge in [0.2, 0.25) is 0 Å². The summed E-state index contributed by atoms with van der Waals surface area (Å²) in [7, 11) is 1.74. The molecule has 0 amide bonds. The molecule has 0 unspecified atom stereocenters. The highest BCUT2D eigenvalue weighted by Gasteiger charge is 2.19. The van der Waals surface area contributed by atoms with E-state index in [4.69, 9.17) is 4.74 Å². The number of piperidine rings is 1. The first-order valence-electron chi connectivity index (χ1n) is 7.06. The summed E-state index contributed by atoms with van der Waals surface area (Å²) in [5.41, 5.74) is 0. The van der Waals surface area contributed by atoms with Crippen molar-refractivity contribution in [3.8, 4) is 0 Å². The fourth-order valence-corrected chi connectivity index (χ4v) is 2.44. The third-order valence-corrected chi connectivity index (χ3v) is 3.61. The van der Waals surface area contributed by atoms with E-state index in [0.717, 1.165) is 51.1 Å². The van der Waals surface area contributed by atoms with Crippen molar-refractivity contribution in [3.05, 3.63) is 24.3 Å². The number of ether oxygens (including phenoxy) is 1. The van der Waals surface area contributed by atoms with Gasteiger partial charge in [0.1, 0.15) is 5.82 Å². The Morgan fingerprint density at radius 1 is 1.32 bits per heavy atom. The second-order valence-electron chi connectivity index (χ2n) is 5.08. The van der Waals surface area contributed by atoms with Crippen LogP contribution in [0, 0.1) is 5.92 Å². The second-order valence-corrected chi connectivity index (χ2v) is 5.08. The predicted molar refractivity (Wildman–Crippen MR) is 74.8 cm³/mol. The van der Waals surface area contributed by atoms with E-state index in [1.54, 1.807) is 7.11 Å². The Balaban J connectivity index is 1.62. The van der Waals surface area contributed by atoms with Crippen LogP contribution in [-0.2, 0) is 11.3 Å². The molecule has 5 nitrogen and oxygen atoms in total. The number of rotatable bonds is 7. The molecule has 1 aromatic rings. The highest BCUT2D eigenvalue weighted by Crippen LogP contribution is 2.17.